The van der Waals surface area contributed by atoms with Crippen LogP contribution in [0.2, 0.25) is 0 Å². The largest absolute Gasteiger partial charge is 0.480 e. The Morgan fingerprint density at radius 2 is 2.00 bits per heavy atom. The molecule has 0 aliphatic heterocycles. The quantitative estimate of drug-likeness (QED) is 0.821. The van der Waals surface area contributed by atoms with E-state index in [9.17, 15) is 14.7 Å². The third-order valence-corrected chi connectivity index (χ3v) is 4.09. The molecule has 2 N–H and O–H groups in total. The lowest BCUT2D eigenvalue weighted by atomic mass is 10.1. The van der Waals surface area contributed by atoms with Gasteiger partial charge in [0.2, 0.25) is 0 Å². The van der Waals surface area contributed by atoms with Crippen LogP contribution in [0.4, 0.5) is 0 Å². The van der Waals surface area contributed by atoms with Gasteiger partial charge in [0.25, 0.3) is 5.91 Å². The van der Waals surface area contributed by atoms with E-state index in [1.807, 2.05) is 30.3 Å². The van der Waals surface area contributed by atoms with Gasteiger partial charge in [-0.3, -0.25) is 4.79 Å². The average Bonchev–Trinajstić information content (AvgIpc) is 2.96. The van der Waals surface area contributed by atoms with Crippen LogP contribution in [0.1, 0.15) is 20.8 Å². The molecule has 2 aromatic rings. The fourth-order valence-electron chi connectivity index (χ4n) is 2.08. The van der Waals surface area contributed by atoms with Crippen molar-refractivity contribution in [3.05, 3.63) is 57.8 Å². The van der Waals surface area contributed by atoms with E-state index in [0.29, 0.717) is 11.5 Å². The minimum absolute atomic E-state index is 0.243. The summed E-state index contributed by atoms with van der Waals surface area (Å²) < 4.78 is 5.04. The third kappa shape index (κ3) is 4.16. The zero-order valence-corrected chi connectivity index (χ0v) is 12.9. The standard InChI is InChI=1S/C16H17NO4S/c1-21-10-12-7-8-22-14(12)15(18)17-13(16(19)20)9-11-5-3-2-4-6-11/h2-8,13H,9-10H2,1H3,(H,17,18)(H,19,20)/t13-/m1/s1. The lowest BCUT2D eigenvalue weighted by molar-refractivity contribution is -0.139. The van der Waals surface area contributed by atoms with Gasteiger partial charge in [0, 0.05) is 19.1 Å². The minimum atomic E-state index is -1.05. The van der Waals surface area contributed by atoms with Crippen molar-refractivity contribution in [1.82, 2.24) is 5.32 Å². The van der Waals surface area contributed by atoms with Gasteiger partial charge in [0.05, 0.1) is 11.5 Å². The number of aliphatic carboxylic acids is 1. The second kappa shape index (κ2) is 7.72. The maximum Gasteiger partial charge on any atom is 0.326 e. The SMILES string of the molecule is COCc1ccsc1C(=O)N[C@H](Cc1ccccc1)C(=O)O. The molecule has 1 aromatic carbocycles. The molecular formula is C16H17NO4S. The number of carboxylic acid groups (broad SMARTS) is 1. The zero-order valence-electron chi connectivity index (χ0n) is 12.1. The summed E-state index contributed by atoms with van der Waals surface area (Å²) in [6.45, 7) is 0.322. The smallest absolute Gasteiger partial charge is 0.326 e. The summed E-state index contributed by atoms with van der Waals surface area (Å²) in [4.78, 5) is 24.2. The molecule has 116 valence electrons. The predicted molar refractivity (Wildman–Crippen MR) is 84.1 cm³/mol. The first-order chi connectivity index (χ1) is 10.6. The molecule has 2 rings (SSSR count). The van der Waals surface area contributed by atoms with Crippen molar-refractivity contribution in [2.75, 3.05) is 7.11 Å². The molecule has 1 heterocycles. The van der Waals surface area contributed by atoms with E-state index in [4.69, 9.17) is 4.74 Å². The summed E-state index contributed by atoms with van der Waals surface area (Å²) in [6, 6.07) is 10.1. The fourth-order valence-corrected chi connectivity index (χ4v) is 2.89. The highest BCUT2D eigenvalue weighted by Gasteiger charge is 2.23. The van der Waals surface area contributed by atoms with Gasteiger partial charge in [-0.1, -0.05) is 30.3 Å². The number of ether oxygens (including phenoxy) is 1. The summed E-state index contributed by atoms with van der Waals surface area (Å²) in [7, 11) is 1.55. The van der Waals surface area contributed by atoms with E-state index in [1.54, 1.807) is 18.6 Å². The highest BCUT2D eigenvalue weighted by Crippen LogP contribution is 2.18. The molecule has 0 saturated carbocycles. The molecule has 1 amide bonds. The van der Waals surface area contributed by atoms with Crippen LogP contribution in [-0.2, 0) is 22.6 Å². The number of nitrogens with one attached hydrogen (secondary N) is 1. The number of carboxylic acids is 1. The highest BCUT2D eigenvalue weighted by atomic mass is 32.1. The Balaban J connectivity index is 2.09. The molecule has 1 atom stereocenters. The Kier molecular flexibility index (Phi) is 5.68. The maximum atomic E-state index is 12.3. The second-order valence-electron chi connectivity index (χ2n) is 4.76. The Morgan fingerprint density at radius 1 is 1.27 bits per heavy atom. The van der Waals surface area contributed by atoms with E-state index in [1.165, 1.54) is 11.3 Å². The van der Waals surface area contributed by atoms with Gasteiger partial charge in [-0.15, -0.1) is 11.3 Å². The van der Waals surface area contributed by atoms with Crippen LogP contribution in [0.5, 0.6) is 0 Å². The maximum absolute atomic E-state index is 12.3. The third-order valence-electron chi connectivity index (χ3n) is 3.14. The van der Waals surface area contributed by atoms with E-state index in [-0.39, 0.29) is 12.3 Å². The highest BCUT2D eigenvalue weighted by molar-refractivity contribution is 7.12. The summed E-state index contributed by atoms with van der Waals surface area (Å²) in [6.07, 6.45) is 0.243. The monoisotopic (exact) mass is 319 g/mol. The van der Waals surface area contributed by atoms with Crippen molar-refractivity contribution < 1.29 is 19.4 Å². The summed E-state index contributed by atoms with van der Waals surface area (Å²) in [5, 5.41) is 13.7. The van der Waals surface area contributed by atoms with E-state index < -0.39 is 12.0 Å². The second-order valence-corrected chi connectivity index (χ2v) is 5.68. The molecular weight excluding hydrogens is 302 g/mol. The topological polar surface area (TPSA) is 75.6 Å². The summed E-state index contributed by atoms with van der Waals surface area (Å²) in [5.41, 5.74) is 1.62. The van der Waals surface area contributed by atoms with Gasteiger partial charge in [-0.2, -0.15) is 0 Å². The summed E-state index contributed by atoms with van der Waals surface area (Å²) in [5.74, 6) is -1.44. The minimum Gasteiger partial charge on any atom is -0.480 e. The number of hydrogen-bond acceptors (Lipinski definition) is 4. The lowest BCUT2D eigenvalue weighted by Gasteiger charge is -2.14. The number of thiophene rings is 1. The van der Waals surface area contributed by atoms with Crippen molar-refractivity contribution in [2.24, 2.45) is 0 Å². The first kappa shape index (κ1) is 16.2. The van der Waals surface area contributed by atoms with Crippen LogP contribution < -0.4 is 5.32 Å². The fraction of sp³-hybridized carbons (Fsp3) is 0.250. The van der Waals surface area contributed by atoms with Gasteiger partial charge in [0.1, 0.15) is 6.04 Å². The zero-order chi connectivity index (χ0) is 15.9. The number of amides is 1. The first-order valence-electron chi connectivity index (χ1n) is 6.74. The molecule has 22 heavy (non-hydrogen) atoms. The Morgan fingerprint density at radius 3 is 2.64 bits per heavy atom. The summed E-state index contributed by atoms with van der Waals surface area (Å²) >= 11 is 1.27. The van der Waals surface area contributed by atoms with Gasteiger partial charge >= 0.3 is 5.97 Å². The van der Waals surface area contributed by atoms with Crippen molar-refractivity contribution >= 4 is 23.2 Å². The molecule has 1 aromatic heterocycles. The van der Waals surface area contributed by atoms with E-state index >= 15 is 0 Å². The van der Waals surface area contributed by atoms with Crippen molar-refractivity contribution in [3.8, 4) is 0 Å². The lowest BCUT2D eigenvalue weighted by Crippen LogP contribution is -2.42. The molecule has 0 aliphatic rings. The number of carbonyl (C=O) groups is 2. The van der Waals surface area contributed by atoms with Gasteiger partial charge in [-0.25, -0.2) is 4.79 Å². The Bertz CT molecular complexity index is 639. The van der Waals surface area contributed by atoms with Crippen molar-refractivity contribution in [2.45, 2.75) is 19.1 Å². The van der Waals surface area contributed by atoms with Gasteiger partial charge in [0.15, 0.2) is 0 Å². The number of methoxy groups -OCH3 is 1. The van der Waals surface area contributed by atoms with Crippen LogP contribution in [0.3, 0.4) is 0 Å². The number of rotatable bonds is 7. The van der Waals surface area contributed by atoms with Crippen LogP contribution in [-0.4, -0.2) is 30.1 Å². The van der Waals surface area contributed by atoms with E-state index in [2.05, 4.69) is 5.32 Å². The van der Waals surface area contributed by atoms with Crippen LogP contribution in [0.25, 0.3) is 0 Å². The first-order valence-corrected chi connectivity index (χ1v) is 7.62. The predicted octanol–water partition coefficient (Wildman–Crippen LogP) is 2.32. The molecule has 0 bridgehead atoms. The average molecular weight is 319 g/mol. The number of carbonyl (C=O) groups excluding carboxylic acids is 1. The normalized spacial score (nSPS) is 11.9. The number of benzene rings is 1. The van der Waals surface area contributed by atoms with Crippen LogP contribution in [0, 0.1) is 0 Å². The molecule has 0 aliphatic carbocycles. The molecule has 0 spiro atoms. The Labute approximate surface area is 132 Å². The molecule has 0 fully saturated rings. The Hall–Kier alpha value is -2.18. The molecule has 0 radical (unpaired) electrons. The van der Waals surface area contributed by atoms with E-state index in [0.717, 1.165) is 11.1 Å². The molecule has 6 heteroatoms. The van der Waals surface area contributed by atoms with Crippen molar-refractivity contribution in [3.63, 3.8) is 0 Å². The molecule has 5 nitrogen and oxygen atoms in total. The molecule has 0 unspecified atom stereocenters. The molecule has 0 saturated heterocycles. The van der Waals surface area contributed by atoms with Crippen LogP contribution in [0.15, 0.2) is 41.8 Å². The van der Waals surface area contributed by atoms with Crippen molar-refractivity contribution in [1.29, 1.82) is 0 Å². The van der Waals surface area contributed by atoms with Crippen LogP contribution >= 0.6 is 11.3 Å². The van der Waals surface area contributed by atoms with Gasteiger partial charge < -0.3 is 15.2 Å². The number of hydrogen-bond donors (Lipinski definition) is 2. The van der Waals surface area contributed by atoms with Gasteiger partial charge in [-0.05, 0) is 17.0 Å².